The Morgan fingerprint density at radius 1 is 0.935 bits per heavy atom. The molecular weight excluding hydrogens is 390 g/mol. The van der Waals surface area contributed by atoms with Gasteiger partial charge in [-0.2, -0.15) is 0 Å². The van der Waals surface area contributed by atoms with Crippen molar-refractivity contribution in [3.05, 3.63) is 71.3 Å². The number of aromatic nitrogens is 3. The van der Waals surface area contributed by atoms with Crippen molar-refractivity contribution >= 4 is 11.0 Å². The Bertz CT molecular complexity index is 1280. The molecule has 0 saturated heterocycles. The fourth-order valence-corrected chi connectivity index (χ4v) is 4.34. The van der Waals surface area contributed by atoms with E-state index in [1.54, 1.807) is 29.5 Å². The highest BCUT2D eigenvalue weighted by Crippen LogP contribution is 2.35. The summed E-state index contributed by atoms with van der Waals surface area (Å²) < 4.78 is 15.0. The van der Waals surface area contributed by atoms with Gasteiger partial charge in [0, 0.05) is 18.8 Å². The minimum Gasteiger partial charge on any atom is -0.493 e. The maximum atomic E-state index is 12.8. The molecular formula is C25H25N3O3. The smallest absolute Gasteiger partial charge is 0.334 e. The summed E-state index contributed by atoms with van der Waals surface area (Å²) in [6.45, 7) is 0. The predicted octanol–water partition coefficient (Wildman–Crippen LogP) is 4.72. The highest BCUT2D eigenvalue weighted by molar-refractivity contribution is 5.78. The van der Waals surface area contributed by atoms with Gasteiger partial charge in [-0.15, -0.1) is 0 Å². The van der Waals surface area contributed by atoms with Gasteiger partial charge in [0.25, 0.3) is 0 Å². The molecule has 0 N–H and O–H groups in total. The number of imidazole rings is 1. The summed E-state index contributed by atoms with van der Waals surface area (Å²) >= 11 is 0. The number of para-hydroxylation sites is 2. The Kier molecular flexibility index (Phi) is 4.98. The van der Waals surface area contributed by atoms with E-state index in [4.69, 9.17) is 9.47 Å². The van der Waals surface area contributed by atoms with Crippen LogP contribution in [0.2, 0.25) is 0 Å². The number of pyridine rings is 1. The van der Waals surface area contributed by atoms with E-state index in [1.165, 1.54) is 12.8 Å². The van der Waals surface area contributed by atoms with E-state index in [9.17, 15) is 4.79 Å². The van der Waals surface area contributed by atoms with Gasteiger partial charge in [-0.3, -0.25) is 4.57 Å². The second-order valence-corrected chi connectivity index (χ2v) is 7.96. The molecule has 0 bridgehead atoms. The van der Waals surface area contributed by atoms with Gasteiger partial charge in [-0.05, 0) is 67.6 Å². The minimum absolute atomic E-state index is 0.113. The Morgan fingerprint density at radius 3 is 2.39 bits per heavy atom. The number of rotatable bonds is 5. The van der Waals surface area contributed by atoms with Crippen molar-refractivity contribution in [3.8, 4) is 28.4 Å². The average Bonchev–Trinajstić information content (AvgIpc) is 3.41. The molecule has 2 heterocycles. The third-order valence-electron chi connectivity index (χ3n) is 6.03. The standard InChI is InChI=1S/C25H25N3O3/c1-27-20-9-5-6-10-21(20)28(25(27)29)24-14-12-18(16-26-24)17-11-13-22(30-2)23(15-17)31-19-7-3-4-8-19/h5-6,9-16,19H,3-4,7-8H2,1-2H3. The van der Waals surface area contributed by atoms with Crippen molar-refractivity contribution in [3.63, 3.8) is 0 Å². The first-order chi connectivity index (χ1) is 15.2. The number of hydrogen-bond donors (Lipinski definition) is 0. The largest absolute Gasteiger partial charge is 0.493 e. The third kappa shape index (κ3) is 3.48. The molecule has 0 radical (unpaired) electrons. The highest BCUT2D eigenvalue weighted by atomic mass is 16.5. The van der Waals surface area contributed by atoms with E-state index in [1.807, 2.05) is 54.6 Å². The molecule has 2 aromatic heterocycles. The minimum atomic E-state index is -0.113. The molecule has 6 heteroatoms. The van der Waals surface area contributed by atoms with Crippen molar-refractivity contribution in [1.82, 2.24) is 14.1 Å². The topological polar surface area (TPSA) is 58.3 Å². The van der Waals surface area contributed by atoms with Crippen LogP contribution in [0.5, 0.6) is 11.5 Å². The molecule has 5 rings (SSSR count). The number of benzene rings is 2. The van der Waals surface area contributed by atoms with Crippen LogP contribution in [0.4, 0.5) is 0 Å². The first-order valence-corrected chi connectivity index (χ1v) is 10.6. The number of methoxy groups -OCH3 is 1. The van der Waals surface area contributed by atoms with Gasteiger partial charge in [0.05, 0.1) is 24.2 Å². The van der Waals surface area contributed by atoms with E-state index in [0.717, 1.165) is 46.5 Å². The zero-order chi connectivity index (χ0) is 21.4. The molecule has 2 aromatic carbocycles. The predicted molar refractivity (Wildman–Crippen MR) is 121 cm³/mol. The molecule has 0 unspecified atom stereocenters. The fraction of sp³-hybridized carbons (Fsp3) is 0.280. The highest BCUT2D eigenvalue weighted by Gasteiger charge is 2.19. The molecule has 1 aliphatic rings. The Balaban J connectivity index is 1.50. The van der Waals surface area contributed by atoms with Gasteiger partial charge in [0.1, 0.15) is 5.82 Å². The van der Waals surface area contributed by atoms with Crippen LogP contribution in [0, 0.1) is 0 Å². The second-order valence-electron chi connectivity index (χ2n) is 7.96. The van der Waals surface area contributed by atoms with Crippen LogP contribution < -0.4 is 15.2 Å². The summed E-state index contributed by atoms with van der Waals surface area (Å²) in [5.74, 6) is 2.10. The summed E-state index contributed by atoms with van der Waals surface area (Å²) in [5.41, 5.74) is 3.56. The van der Waals surface area contributed by atoms with Crippen molar-refractivity contribution in [2.45, 2.75) is 31.8 Å². The van der Waals surface area contributed by atoms with Gasteiger partial charge >= 0.3 is 5.69 Å². The molecule has 4 aromatic rings. The zero-order valence-corrected chi connectivity index (χ0v) is 17.7. The summed E-state index contributed by atoms with van der Waals surface area (Å²) in [6, 6.07) is 17.5. The summed E-state index contributed by atoms with van der Waals surface area (Å²) in [4.78, 5) is 17.4. The van der Waals surface area contributed by atoms with Crippen LogP contribution in [0.15, 0.2) is 65.6 Å². The monoisotopic (exact) mass is 415 g/mol. The van der Waals surface area contributed by atoms with Crippen molar-refractivity contribution in [2.75, 3.05) is 7.11 Å². The third-order valence-corrected chi connectivity index (χ3v) is 6.03. The van der Waals surface area contributed by atoms with E-state index in [0.29, 0.717) is 5.82 Å². The zero-order valence-electron chi connectivity index (χ0n) is 17.7. The summed E-state index contributed by atoms with van der Waals surface area (Å²) in [7, 11) is 3.44. The van der Waals surface area contributed by atoms with E-state index >= 15 is 0 Å². The number of ether oxygens (including phenoxy) is 2. The maximum Gasteiger partial charge on any atom is 0.334 e. The Morgan fingerprint density at radius 2 is 1.68 bits per heavy atom. The summed E-state index contributed by atoms with van der Waals surface area (Å²) in [6.07, 6.45) is 6.65. The molecule has 31 heavy (non-hydrogen) atoms. The normalized spacial score (nSPS) is 14.3. The number of aryl methyl sites for hydroxylation is 1. The van der Waals surface area contributed by atoms with Crippen LogP contribution >= 0.6 is 0 Å². The number of hydrogen-bond acceptors (Lipinski definition) is 4. The molecule has 1 aliphatic carbocycles. The lowest BCUT2D eigenvalue weighted by molar-refractivity contribution is 0.201. The molecule has 1 saturated carbocycles. The van der Waals surface area contributed by atoms with Crippen molar-refractivity contribution in [1.29, 1.82) is 0 Å². The van der Waals surface area contributed by atoms with E-state index in [-0.39, 0.29) is 11.8 Å². The van der Waals surface area contributed by atoms with Gasteiger partial charge < -0.3 is 9.47 Å². The van der Waals surface area contributed by atoms with Crippen molar-refractivity contribution < 1.29 is 9.47 Å². The van der Waals surface area contributed by atoms with Gasteiger partial charge in [-0.1, -0.05) is 18.2 Å². The lowest BCUT2D eigenvalue weighted by Crippen LogP contribution is -2.21. The first-order valence-electron chi connectivity index (χ1n) is 10.6. The van der Waals surface area contributed by atoms with Crippen LogP contribution in [-0.2, 0) is 7.05 Å². The average molecular weight is 415 g/mol. The SMILES string of the molecule is COc1ccc(-c2ccc(-n3c(=O)n(C)c4ccccc43)nc2)cc1OC1CCCC1. The lowest BCUT2D eigenvalue weighted by atomic mass is 10.1. The number of nitrogens with zero attached hydrogens (tertiary/aromatic N) is 3. The molecule has 0 amide bonds. The van der Waals surface area contributed by atoms with E-state index < -0.39 is 0 Å². The Hall–Kier alpha value is -3.54. The van der Waals surface area contributed by atoms with Crippen molar-refractivity contribution in [2.24, 2.45) is 7.05 Å². The molecule has 158 valence electrons. The molecule has 6 nitrogen and oxygen atoms in total. The maximum absolute atomic E-state index is 12.8. The molecule has 1 fully saturated rings. The lowest BCUT2D eigenvalue weighted by Gasteiger charge is -2.17. The molecule has 0 atom stereocenters. The van der Waals surface area contributed by atoms with Gasteiger partial charge in [-0.25, -0.2) is 14.3 Å². The van der Waals surface area contributed by atoms with Crippen LogP contribution in [0.3, 0.4) is 0 Å². The van der Waals surface area contributed by atoms with E-state index in [2.05, 4.69) is 4.98 Å². The quantitative estimate of drug-likeness (QED) is 0.473. The van der Waals surface area contributed by atoms with Gasteiger partial charge in [0.2, 0.25) is 0 Å². The number of fused-ring (bicyclic) bond motifs is 1. The van der Waals surface area contributed by atoms with Crippen LogP contribution in [0.25, 0.3) is 28.0 Å². The fourth-order valence-electron chi connectivity index (χ4n) is 4.34. The molecule has 0 spiro atoms. The van der Waals surface area contributed by atoms with Gasteiger partial charge in [0.15, 0.2) is 11.5 Å². The first kappa shape index (κ1) is 19.4. The summed E-state index contributed by atoms with van der Waals surface area (Å²) in [5, 5.41) is 0. The second kappa shape index (κ2) is 7.95. The van der Waals surface area contributed by atoms with Crippen LogP contribution in [0.1, 0.15) is 25.7 Å². The Labute approximate surface area is 180 Å². The molecule has 0 aliphatic heterocycles. The van der Waals surface area contributed by atoms with Crippen LogP contribution in [-0.4, -0.2) is 27.3 Å².